The first kappa shape index (κ1) is 20.1. The molecule has 1 atom stereocenters. The highest BCUT2D eigenvalue weighted by Crippen LogP contribution is 2.18. The molecule has 2 amide bonds. The van der Waals surface area contributed by atoms with E-state index in [2.05, 4.69) is 28.4 Å². The first-order chi connectivity index (χ1) is 11.7. The van der Waals surface area contributed by atoms with Crippen LogP contribution in [0.15, 0.2) is 0 Å². The summed E-state index contributed by atoms with van der Waals surface area (Å²) >= 11 is 1.34. The van der Waals surface area contributed by atoms with E-state index in [1.165, 1.54) is 36.2 Å². The minimum absolute atomic E-state index is 0.00127. The number of aldehydes is 1. The highest BCUT2D eigenvalue weighted by atomic mass is 32.1. The number of aromatic nitrogens is 2. The molecule has 1 rings (SSSR count). The second-order valence-corrected chi connectivity index (χ2v) is 6.29. The summed E-state index contributed by atoms with van der Waals surface area (Å²) in [7, 11) is 1.46. The fourth-order valence-electron chi connectivity index (χ4n) is 2.08. The number of amides is 2. The van der Waals surface area contributed by atoms with Crippen molar-refractivity contribution >= 4 is 28.8 Å². The number of anilines is 1. The predicted molar refractivity (Wildman–Crippen MR) is 94.0 cm³/mol. The number of nitrogens with one attached hydrogen (secondary N) is 1. The van der Waals surface area contributed by atoms with E-state index in [0.29, 0.717) is 11.4 Å². The van der Waals surface area contributed by atoms with Crippen molar-refractivity contribution in [3.05, 3.63) is 5.01 Å². The molecule has 0 spiro atoms. The number of ether oxygens (including phenoxy) is 1. The number of terminal acetylenes is 1. The van der Waals surface area contributed by atoms with Crippen LogP contribution in [0.5, 0.6) is 0 Å². The summed E-state index contributed by atoms with van der Waals surface area (Å²) < 4.78 is 4.94. The Labute approximate surface area is 146 Å². The van der Waals surface area contributed by atoms with Gasteiger partial charge in [0.2, 0.25) is 5.13 Å². The molecule has 0 aliphatic heterocycles. The van der Waals surface area contributed by atoms with Gasteiger partial charge in [0.1, 0.15) is 17.3 Å². The summed E-state index contributed by atoms with van der Waals surface area (Å²) in [5.74, 6) is 2.37. The van der Waals surface area contributed by atoms with Crippen LogP contribution in [-0.4, -0.2) is 53.7 Å². The first-order valence-corrected chi connectivity index (χ1v) is 8.75. The largest absolute Gasteiger partial charge is 0.382 e. The Morgan fingerprint density at radius 3 is 2.88 bits per heavy atom. The standard InChI is InChI=1S/C16H24N4O3S/c1-4-6-7-8-9-14-18-19-15(24-14)17-16(22)20(10-5-2)13(11-21)12-23-3/h2,11,13H,4,6-10,12H2,1,3H3,(H,17,19,22). The van der Waals surface area contributed by atoms with Gasteiger partial charge in [-0.1, -0.05) is 43.4 Å². The topological polar surface area (TPSA) is 84.4 Å². The Hall–Kier alpha value is -1.98. The molecule has 1 N–H and O–H groups in total. The fraction of sp³-hybridized carbons (Fsp3) is 0.625. The van der Waals surface area contributed by atoms with Crippen LogP contribution < -0.4 is 5.32 Å². The Kier molecular flexibility index (Phi) is 9.65. The average molecular weight is 352 g/mol. The zero-order valence-corrected chi connectivity index (χ0v) is 15.0. The highest BCUT2D eigenvalue weighted by Gasteiger charge is 2.23. The molecule has 7 nitrogen and oxygen atoms in total. The zero-order chi connectivity index (χ0) is 17.8. The molecule has 0 saturated carbocycles. The minimum atomic E-state index is -0.743. The number of carbonyl (C=O) groups excluding carboxylic acids is 2. The van der Waals surface area contributed by atoms with E-state index in [1.807, 2.05) is 0 Å². The number of aryl methyl sites for hydroxylation is 1. The Morgan fingerprint density at radius 1 is 1.46 bits per heavy atom. The number of hydrogen-bond donors (Lipinski definition) is 1. The molecular formula is C16H24N4O3S. The quantitative estimate of drug-likeness (QED) is 0.375. The van der Waals surface area contributed by atoms with Gasteiger partial charge in [-0.05, 0) is 6.42 Å². The van der Waals surface area contributed by atoms with Crippen LogP contribution in [0.2, 0.25) is 0 Å². The lowest BCUT2D eigenvalue weighted by atomic mass is 10.2. The number of urea groups is 1. The van der Waals surface area contributed by atoms with E-state index in [1.54, 1.807) is 0 Å². The molecular weight excluding hydrogens is 328 g/mol. The lowest BCUT2D eigenvalue weighted by Crippen LogP contribution is -2.46. The van der Waals surface area contributed by atoms with Gasteiger partial charge in [-0.2, -0.15) is 0 Å². The van der Waals surface area contributed by atoms with Crippen molar-refractivity contribution < 1.29 is 14.3 Å². The third-order valence-electron chi connectivity index (χ3n) is 3.34. The van der Waals surface area contributed by atoms with Crippen molar-refractivity contribution in [3.63, 3.8) is 0 Å². The van der Waals surface area contributed by atoms with Crippen LogP contribution in [0.1, 0.15) is 37.6 Å². The third-order valence-corrected chi connectivity index (χ3v) is 4.24. The van der Waals surface area contributed by atoms with Crippen LogP contribution in [0.3, 0.4) is 0 Å². The van der Waals surface area contributed by atoms with Crippen molar-refractivity contribution in [1.82, 2.24) is 15.1 Å². The van der Waals surface area contributed by atoms with Crippen molar-refractivity contribution in [2.75, 3.05) is 25.6 Å². The molecule has 1 heterocycles. The number of hydrogen-bond acceptors (Lipinski definition) is 6. The molecule has 1 aromatic heterocycles. The van der Waals surface area contributed by atoms with E-state index >= 15 is 0 Å². The molecule has 24 heavy (non-hydrogen) atoms. The molecule has 0 radical (unpaired) electrons. The molecule has 0 saturated heterocycles. The predicted octanol–water partition coefficient (Wildman–Crippen LogP) is 2.34. The number of unbranched alkanes of at least 4 members (excludes halogenated alkanes) is 3. The summed E-state index contributed by atoms with van der Waals surface area (Å²) in [5.41, 5.74) is 0. The molecule has 0 aliphatic rings. The first-order valence-electron chi connectivity index (χ1n) is 7.93. The lowest BCUT2D eigenvalue weighted by Gasteiger charge is -2.25. The summed E-state index contributed by atoms with van der Waals surface area (Å²) in [6.07, 6.45) is 11.4. The molecule has 1 unspecified atom stereocenters. The number of nitrogens with zero attached hydrogens (tertiary/aromatic N) is 3. The average Bonchev–Trinajstić information content (AvgIpc) is 3.02. The van der Waals surface area contributed by atoms with Crippen molar-refractivity contribution in [2.24, 2.45) is 0 Å². The number of rotatable bonds is 11. The molecule has 0 aromatic carbocycles. The maximum atomic E-state index is 12.3. The molecule has 0 fully saturated rings. The van der Waals surface area contributed by atoms with Crippen LogP contribution in [0.4, 0.5) is 9.93 Å². The fourth-order valence-corrected chi connectivity index (χ4v) is 2.85. The summed E-state index contributed by atoms with van der Waals surface area (Å²) in [4.78, 5) is 24.7. The highest BCUT2D eigenvalue weighted by molar-refractivity contribution is 7.15. The monoisotopic (exact) mass is 352 g/mol. The van der Waals surface area contributed by atoms with Crippen LogP contribution in [0.25, 0.3) is 0 Å². The van der Waals surface area contributed by atoms with Crippen LogP contribution in [-0.2, 0) is 16.0 Å². The van der Waals surface area contributed by atoms with E-state index in [9.17, 15) is 9.59 Å². The van der Waals surface area contributed by atoms with Crippen molar-refractivity contribution in [2.45, 2.75) is 45.1 Å². The zero-order valence-electron chi connectivity index (χ0n) is 14.2. The van der Waals surface area contributed by atoms with Crippen molar-refractivity contribution in [1.29, 1.82) is 0 Å². The molecule has 8 heteroatoms. The van der Waals surface area contributed by atoms with Gasteiger partial charge in [0, 0.05) is 13.5 Å². The molecule has 0 aliphatic carbocycles. The third kappa shape index (κ3) is 6.64. The van der Waals surface area contributed by atoms with Gasteiger partial charge in [-0.25, -0.2) is 4.79 Å². The van der Waals surface area contributed by atoms with E-state index in [-0.39, 0.29) is 13.2 Å². The van der Waals surface area contributed by atoms with E-state index < -0.39 is 12.1 Å². The summed E-state index contributed by atoms with van der Waals surface area (Å²) in [6, 6.07) is -1.23. The Morgan fingerprint density at radius 2 is 2.25 bits per heavy atom. The van der Waals surface area contributed by atoms with E-state index in [0.717, 1.165) is 24.3 Å². The van der Waals surface area contributed by atoms with Gasteiger partial charge in [0.15, 0.2) is 0 Å². The van der Waals surface area contributed by atoms with Crippen LogP contribution in [0, 0.1) is 12.3 Å². The minimum Gasteiger partial charge on any atom is -0.382 e. The Balaban J connectivity index is 2.62. The van der Waals surface area contributed by atoms with Gasteiger partial charge >= 0.3 is 6.03 Å². The van der Waals surface area contributed by atoms with Gasteiger partial charge < -0.3 is 14.4 Å². The summed E-state index contributed by atoms with van der Waals surface area (Å²) in [6.45, 7) is 2.25. The van der Waals surface area contributed by atoms with Gasteiger partial charge in [-0.3, -0.25) is 5.32 Å². The van der Waals surface area contributed by atoms with Crippen molar-refractivity contribution in [3.8, 4) is 12.3 Å². The Bertz CT molecular complexity index is 556. The smallest absolute Gasteiger partial charge is 0.325 e. The van der Waals surface area contributed by atoms with Gasteiger partial charge in [-0.15, -0.1) is 16.6 Å². The molecule has 0 bridgehead atoms. The van der Waals surface area contributed by atoms with Gasteiger partial charge in [0.05, 0.1) is 13.2 Å². The molecule has 1 aromatic rings. The SMILES string of the molecule is C#CCN(C(=O)Nc1nnc(CCCCCC)s1)C(C=O)COC. The number of carbonyl (C=O) groups is 2. The normalized spacial score (nSPS) is 11.5. The van der Waals surface area contributed by atoms with Gasteiger partial charge in [0.25, 0.3) is 0 Å². The van der Waals surface area contributed by atoms with Crippen LogP contribution >= 0.6 is 11.3 Å². The second kappa shape index (κ2) is 11.5. The maximum absolute atomic E-state index is 12.3. The lowest BCUT2D eigenvalue weighted by molar-refractivity contribution is -0.112. The van der Waals surface area contributed by atoms with E-state index in [4.69, 9.17) is 11.2 Å². The maximum Gasteiger partial charge on any atom is 0.325 e. The summed E-state index contributed by atoms with van der Waals surface area (Å²) in [5, 5.41) is 12.0. The molecule has 132 valence electrons. The number of methoxy groups -OCH3 is 1. The second-order valence-electron chi connectivity index (χ2n) is 5.23.